The number of benzene rings is 1. The predicted octanol–water partition coefficient (Wildman–Crippen LogP) is 2.63. The molecule has 2 aliphatic carbocycles. The van der Waals surface area contributed by atoms with Gasteiger partial charge >= 0.3 is 0 Å². The van der Waals surface area contributed by atoms with Gasteiger partial charge in [0.2, 0.25) is 5.91 Å². The van der Waals surface area contributed by atoms with Crippen molar-refractivity contribution in [3.8, 4) is 5.75 Å². The van der Waals surface area contributed by atoms with Crippen LogP contribution in [-0.2, 0) is 11.2 Å². The summed E-state index contributed by atoms with van der Waals surface area (Å²) in [6, 6.07) is 7.67. The minimum atomic E-state index is 0.132. The van der Waals surface area contributed by atoms with E-state index in [9.17, 15) is 9.90 Å². The molecule has 2 fully saturated rings. The predicted molar refractivity (Wildman–Crippen MR) is 73.8 cm³/mol. The van der Waals surface area contributed by atoms with Crippen molar-refractivity contribution in [1.82, 2.24) is 5.32 Å². The number of aryl methyl sites for hydroxylation is 1. The van der Waals surface area contributed by atoms with Crippen LogP contribution in [0.1, 0.15) is 37.7 Å². The van der Waals surface area contributed by atoms with E-state index < -0.39 is 0 Å². The van der Waals surface area contributed by atoms with E-state index in [-0.39, 0.29) is 11.7 Å². The number of phenols is 1. The van der Waals surface area contributed by atoms with Gasteiger partial charge in [-0.15, -0.1) is 0 Å². The van der Waals surface area contributed by atoms with E-state index in [1.807, 2.05) is 12.1 Å². The molecule has 0 spiro atoms. The molecule has 0 bridgehead atoms. The normalized spacial score (nSPS) is 18.6. The first-order valence-electron chi connectivity index (χ1n) is 7.30. The molecule has 0 unspecified atom stereocenters. The minimum Gasteiger partial charge on any atom is -0.508 e. The highest BCUT2D eigenvalue weighted by atomic mass is 16.3. The van der Waals surface area contributed by atoms with Crippen LogP contribution in [0.4, 0.5) is 0 Å². The Morgan fingerprint density at radius 1 is 1.21 bits per heavy atom. The first kappa shape index (κ1) is 12.5. The lowest BCUT2D eigenvalue weighted by Gasteiger charge is -2.17. The Hall–Kier alpha value is -1.51. The zero-order valence-corrected chi connectivity index (χ0v) is 11.1. The van der Waals surface area contributed by atoms with Gasteiger partial charge in [0, 0.05) is 12.5 Å². The van der Waals surface area contributed by atoms with Crippen LogP contribution in [0.3, 0.4) is 0 Å². The third-order valence-corrected chi connectivity index (χ3v) is 4.20. The second-order valence-corrected chi connectivity index (χ2v) is 5.90. The summed E-state index contributed by atoms with van der Waals surface area (Å²) < 4.78 is 0. The molecule has 102 valence electrons. The van der Waals surface area contributed by atoms with Crippen molar-refractivity contribution in [3.63, 3.8) is 0 Å². The number of phenolic OH excluding ortho intramolecular Hbond substituents is 1. The van der Waals surface area contributed by atoms with Crippen LogP contribution in [0, 0.1) is 11.8 Å². The number of amides is 1. The average molecular weight is 259 g/mol. The lowest BCUT2D eigenvalue weighted by Crippen LogP contribution is -2.38. The molecule has 0 radical (unpaired) electrons. The Kier molecular flexibility index (Phi) is 3.45. The number of hydrogen-bond acceptors (Lipinski definition) is 2. The standard InChI is InChI=1S/C16H21NO2/c18-14-4-2-1-3-11(14)9-10-15(19)17-16(12-5-6-12)13-7-8-13/h1-4,12-13,16,18H,5-10H2,(H,17,19). The molecule has 1 amide bonds. The Morgan fingerprint density at radius 2 is 1.84 bits per heavy atom. The molecule has 1 aromatic carbocycles. The van der Waals surface area contributed by atoms with Gasteiger partial charge in [-0.05, 0) is 55.6 Å². The molecule has 2 aliphatic rings. The third kappa shape index (κ3) is 3.28. The highest BCUT2D eigenvalue weighted by molar-refractivity contribution is 5.76. The van der Waals surface area contributed by atoms with E-state index in [0.29, 0.717) is 18.9 Å². The first-order valence-corrected chi connectivity index (χ1v) is 7.30. The summed E-state index contributed by atoms with van der Waals surface area (Å²) >= 11 is 0. The summed E-state index contributed by atoms with van der Waals surface area (Å²) in [6.07, 6.45) is 6.19. The third-order valence-electron chi connectivity index (χ3n) is 4.20. The van der Waals surface area contributed by atoms with Crippen LogP contribution < -0.4 is 5.32 Å². The molecule has 2 N–H and O–H groups in total. The fraction of sp³-hybridized carbons (Fsp3) is 0.562. The molecule has 3 nitrogen and oxygen atoms in total. The van der Waals surface area contributed by atoms with Crippen molar-refractivity contribution in [1.29, 1.82) is 0 Å². The monoisotopic (exact) mass is 259 g/mol. The molecule has 3 rings (SSSR count). The number of para-hydroxylation sites is 1. The van der Waals surface area contributed by atoms with Gasteiger partial charge in [-0.25, -0.2) is 0 Å². The smallest absolute Gasteiger partial charge is 0.220 e. The van der Waals surface area contributed by atoms with Crippen molar-refractivity contribution in [2.45, 2.75) is 44.6 Å². The number of carbonyl (C=O) groups excluding carboxylic acids is 1. The number of hydrogen-bond donors (Lipinski definition) is 2. The summed E-state index contributed by atoms with van der Waals surface area (Å²) in [4.78, 5) is 12.0. The molecule has 19 heavy (non-hydrogen) atoms. The largest absolute Gasteiger partial charge is 0.508 e. The van der Waals surface area contributed by atoms with Gasteiger partial charge < -0.3 is 10.4 Å². The zero-order valence-electron chi connectivity index (χ0n) is 11.1. The van der Waals surface area contributed by atoms with Crippen molar-refractivity contribution in [2.24, 2.45) is 11.8 Å². The number of rotatable bonds is 6. The second-order valence-electron chi connectivity index (χ2n) is 5.90. The van der Waals surface area contributed by atoms with Crippen molar-refractivity contribution in [3.05, 3.63) is 29.8 Å². The van der Waals surface area contributed by atoms with E-state index in [0.717, 1.165) is 17.4 Å². The maximum atomic E-state index is 12.0. The van der Waals surface area contributed by atoms with Crippen molar-refractivity contribution < 1.29 is 9.90 Å². The van der Waals surface area contributed by atoms with E-state index in [4.69, 9.17) is 0 Å². The molecule has 1 aromatic rings. The number of carbonyl (C=O) groups is 1. The fourth-order valence-corrected chi connectivity index (χ4v) is 2.76. The van der Waals surface area contributed by atoms with Gasteiger partial charge in [-0.3, -0.25) is 4.79 Å². The summed E-state index contributed by atoms with van der Waals surface area (Å²) in [5, 5.41) is 12.9. The molecule has 0 atom stereocenters. The molecule has 0 aromatic heterocycles. The molecule has 0 saturated heterocycles. The van der Waals surface area contributed by atoms with Gasteiger partial charge in [0.15, 0.2) is 0 Å². The Balaban J connectivity index is 1.49. The van der Waals surface area contributed by atoms with Crippen LogP contribution in [0.25, 0.3) is 0 Å². The SMILES string of the molecule is O=C(CCc1ccccc1O)NC(C1CC1)C1CC1. The van der Waals surface area contributed by atoms with E-state index in [1.165, 1.54) is 25.7 Å². The van der Waals surface area contributed by atoms with Gasteiger partial charge in [0.1, 0.15) is 5.75 Å². The summed E-state index contributed by atoms with van der Waals surface area (Å²) in [6.45, 7) is 0. The van der Waals surface area contributed by atoms with Gasteiger partial charge in [0.05, 0.1) is 0 Å². The molecular formula is C16H21NO2. The lowest BCUT2D eigenvalue weighted by atomic mass is 10.1. The molecule has 0 aliphatic heterocycles. The van der Waals surface area contributed by atoms with Gasteiger partial charge in [-0.1, -0.05) is 18.2 Å². The van der Waals surface area contributed by atoms with Gasteiger partial charge in [0.25, 0.3) is 0 Å². The van der Waals surface area contributed by atoms with Crippen molar-refractivity contribution >= 4 is 5.91 Å². The Bertz CT molecular complexity index is 452. The summed E-state index contributed by atoms with van der Waals surface area (Å²) in [5.41, 5.74) is 0.854. The van der Waals surface area contributed by atoms with Crippen LogP contribution in [0.2, 0.25) is 0 Å². The maximum Gasteiger partial charge on any atom is 0.220 e. The summed E-state index contributed by atoms with van der Waals surface area (Å²) in [5.74, 6) is 1.89. The fourth-order valence-electron chi connectivity index (χ4n) is 2.76. The highest BCUT2D eigenvalue weighted by Crippen LogP contribution is 2.44. The van der Waals surface area contributed by atoms with Crippen molar-refractivity contribution in [2.75, 3.05) is 0 Å². The second kappa shape index (κ2) is 5.24. The Morgan fingerprint density at radius 3 is 2.42 bits per heavy atom. The van der Waals surface area contributed by atoms with E-state index in [1.54, 1.807) is 12.1 Å². The summed E-state index contributed by atoms with van der Waals surface area (Å²) in [7, 11) is 0. The molecule has 3 heteroatoms. The van der Waals surface area contributed by atoms with Crippen LogP contribution in [-0.4, -0.2) is 17.1 Å². The van der Waals surface area contributed by atoms with Crippen LogP contribution in [0.5, 0.6) is 5.75 Å². The molecular weight excluding hydrogens is 238 g/mol. The Labute approximate surface area is 114 Å². The number of nitrogens with one attached hydrogen (secondary N) is 1. The molecule has 2 saturated carbocycles. The topological polar surface area (TPSA) is 49.3 Å². The quantitative estimate of drug-likeness (QED) is 0.825. The van der Waals surface area contributed by atoms with E-state index >= 15 is 0 Å². The number of aromatic hydroxyl groups is 1. The highest BCUT2D eigenvalue weighted by Gasteiger charge is 2.42. The van der Waals surface area contributed by atoms with Crippen LogP contribution >= 0.6 is 0 Å². The minimum absolute atomic E-state index is 0.132. The van der Waals surface area contributed by atoms with Gasteiger partial charge in [-0.2, -0.15) is 0 Å². The average Bonchev–Trinajstić information content (AvgIpc) is 3.28. The zero-order chi connectivity index (χ0) is 13.2. The first-order chi connectivity index (χ1) is 9.24. The van der Waals surface area contributed by atoms with Crippen LogP contribution in [0.15, 0.2) is 24.3 Å². The maximum absolute atomic E-state index is 12.0. The molecule has 0 heterocycles. The lowest BCUT2D eigenvalue weighted by molar-refractivity contribution is -0.122. The van der Waals surface area contributed by atoms with E-state index in [2.05, 4.69) is 5.32 Å².